The Kier molecular flexibility index (Phi) is 6.02. The van der Waals surface area contributed by atoms with E-state index in [1.807, 2.05) is 35.9 Å². The predicted molar refractivity (Wildman–Crippen MR) is 117 cm³/mol. The number of aromatic nitrogens is 2. The standard InChI is InChI=1S/C24H25ClFN3O/c1-15(17-7-8-18(14-27)22(26)11-17)24(30)10-9-21-13-23(16-5-6-16)28-29(21)20-4-2-3-19(25)12-20/h2-4,7-8,11-13,15-16H,5-6,9-10,14,27H2,1H3. The van der Waals surface area contributed by atoms with Gasteiger partial charge in [0.25, 0.3) is 0 Å². The molecule has 1 aromatic heterocycles. The summed E-state index contributed by atoms with van der Waals surface area (Å²) in [7, 11) is 0. The lowest BCUT2D eigenvalue weighted by atomic mass is 9.92. The molecule has 0 bridgehead atoms. The Morgan fingerprint density at radius 1 is 1.27 bits per heavy atom. The van der Waals surface area contributed by atoms with E-state index in [-0.39, 0.29) is 24.1 Å². The van der Waals surface area contributed by atoms with E-state index in [9.17, 15) is 9.18 Å². The highest BCUT2D eigenvalue weighted by molar-refractivity contribution is 6.30. The molecule has 2 N–H and O–H groups in total. The molecule has 1 atom stereocenters. The molecule has 4 nitrogen and oxygen atoms in total. The first-order valence-corrected chi connectivity index (χ1v) is 10.7. The maximum absolute atomic E-state index is 14.1. The molecule has 2 aromatic carbocycles. The van der Waals surface area contributed by atoms with Gasteiger partial charge in [0.1, 0.15) is 11.6 Å². The van der Waals surface area contributed by atoms with Gasteiger partial charge in [-0.05, 0) is 55.2 Å². The molecule has 1 aliphatic carbocycles. The molecule has 3 aromatic rings. The lowest BCUT2D eigenvalue weighted by molar-refractivity contribution is -0.120. The molecule has 156 valence electrons. The first-order chi connectivity index (χ1) is 14.5. The Bertz CT molecular complexity index is 1070. The highest BCUT2D eigenvalue weighted by atomic mass is 35.5. The molecule has 1 heterocycles. The molecular formula is C24H25ClFN3O. The summed E-state index contributed by atoms with van der Waals surface area (Å²) in [5, 5.41) is 5.43. The number of halogens is 2. The van der Waals surface area contributed by atoms with E-state index >= 15 is 0 Å². The monoisotopic (exact) mass is 425 g/mol. The highest BCUT2D eigenvalue weighted by Gasteiger charge is 2.28. The molecule has 1 saturated carbocycles. The molecule has 1 fully saturated rings. The van der Waals surface area contributed by atoms with Gasteiger partial charge in [-0.3, -0.25) is 4.79 Å². The minimum absolute atomic E-state index is 0.0710. The number of nitrogens with zero attached hydrogens (tertiary/aromatic N) is 2. The number of Topliss-reactive ketones (excluding diaryl/α,β-unsaturated/α-hetero) is 1. The van der Waals surface area contributed by atoms with E-state index in [2.05, 4.69) is 6.07 Å². The zero-order chi connectivity index (χ0) is 21.3. The van der Waals surface area contributed by atoms with Crippen molar-refractivity contribution < 1.29 is 9.18 Å². The van der Waals surface area contributed by atoms with Crippen LogP contribution in [-0.2, 0) is 17.8 Å². The zero-order valence-electron chi connectivity index (χ0n) is 16.9. The SMILES string of the molecule is CC(C(=O)CCc1cc(C2CC2)nn1-c1cccc(Cl)c1)c1ccc(CN)c(F)c1. The lowest BCUT2D eigenvalue weighted by Crippen LogP contribution is -2.12. The van der Waals surface area contributed by atoms with Crippen molar-refractivity contribution in [3.8, 4) is 5.69 Å². The number of carbonyl (C=O) groups is 1. The number of benzene rings is 2. The van der Waals surface area contributed by atoms with Crippen LogP contribution in [0.2, 0.25) is 5.02 Å². The minimum atomic E-state index is -0.378. The van der Waals surface area contributed by atoms with E-state index in [4.69, 9.17) is 22.4 Å². The van der Waals surface area contributed by atoms with Crippen LogP contribution >= 0.6 is 11.6 Å². The van der Waals surface area contributed by atoms with E-state index in [1.165, 1.54) is 6.07 Å². The van der Waals surface area contributed by atoms with Gasteiger partial charge in [-0.1, -0.05) is 36.7 Å². The van der Waals surface area contributed by atoms with Crippen molar-refractivity contribution in [1.82, 2.24) is 9.78 Å². The highest BCUT2D eigenvalue weighted by Crippen LogP contribution is 2.40. The Morgan fingerprint density at radius 2 is 2.07 bits per heavy atom. The number of hydrogen-bond acceptors (Lipinski definition) is 3. The van der Waals surface area contributed by atoms with Crippen molar-refractivity contribution in [2.75, 3.05) is 0 Å². The third kappa shape index (κ3) is 4.47. The van der Waals surface area contributed by atoms with Crippen molar-refractivity contribution in [3.63, 3.8) is 0 Å². The first kappa shape index (κ1) is 20.8. The molecule has 0 spiro atoms. The Morgan fingerprint density at radius 3 is 2.73 bits per heavy atom. The van der Waals surface area contributed by atoms with Gasteiger partial charge in [0, 0.05) is 41.1 Å². The fourth-order valence-corrected chi connectivity index (χ4v) is 3.87. The summed E-state index contributed by atoms with van der Waals surface area (Å²) in [6.07, 6.45) is 3.25. The van der Waals surface area contributed by atoms with E-state index in [0.29, 0.717) is 34.9 Å². The van der Waals surface area contributed by atoms with Crippen LogP contribution in [0.15, 0.2) is 48.5 Å². The molecule has 1 unspecified atom stereocenters. The van der Waals surface area contributed by atoms with Gasteiger partial charge in [-0.2, -0.15) is 5.10 Å². The van der Waals surface area contributed by atoms with Crippen molar-refractivity contribution in [2.45, 2.75) is 51.0 Å². The van der Waals surface area contributed by atoms with Crippen LogP contribution in [-0.4, -0.2) is 15.6 Å². The summed E-state index contributed by atoms with van der Waals surface area (Å²) in [4.78, 5) is 12.8. The number of aryl methyl sites for hydroxylation is 1. The minimum Gasteiger partial charge on any atom is -0.326 e. The van der Waals surface area contributed by atoms with Crippen molar-refractivity contribution in [1.29, 1.82) is 0 Å². The lowest BCUT2D eigenvalue weighted by Gasteiger charge is -2.13. The second-order valence-electron chi connectivity index (χ2n) is 7.97. The second-order valence-corrected chi connectivity index (χ2v) is 8.41. The quantitative estimate of drug-likeness (QED) is 0.532. The summed E-state index contributed by atoms with van der Waals surface area (Å²) >= 11 is 6.17. The third-order valence-corrected chi connectivity index (χ3v) is 5.99. The summed E-state index contributed by atoms with van der Waals surface area (Å²) in [5.74, 6) is -0.149. The fourth-order valence-electron chi connectivity index (χ4n) is 3.68. The normalized spacial score (nSPS) is 14.7. The van der Waals surface area contributed by atoms with Crippen LogP contribution in [0.25, 0.3) is 5.69 Å². The zero-order valence-corrected chi connectivity index (χ0v) is 17.7. The second kappa shape index (κ2) is 8.70. The number of ketones is 1. The maximum Gasteiger partial charge on any atom is 0.140 e. The van der Waals surface area contributed by atoms with Crippen molar-refractivity contribution in [3.05, 3.63) is 81.9 Å². The third-order valence-electron chi connectivity index (χ3n) is 5.76. The molecule has 30 heavy (non-hydrogen) atoms. The Balaban J connectivity index is 1.51. The summed E-state index contributed by atoms with van der Waals surface area (Å²) < 4.78 is 16.0. The largest absolute Gasteiger partial charge is 0.326 e. The number of rotatable bonds is 8. The number of nitrogens with two attached hydrogens (primary N) is 1. The topological polar surface area (TPSA) is 60.9 Å². The molecular weight excluding hydrogens is 401 g/mol. The summed E-state index contributed by atoms with van der Waals surface area (Å²) in [5.41, 5.74) is 9.61. The Labute approximate surface area is 180 Å². The molecule has 0 radical (unpaired) electrons. The number of hydrogen-bond donors (Lipinski definition) is 1. The van der Waals surface area contributed by atoms with Crippen LogP contribution in [0.5, 0.6) is 0 Å². The molecule has 0 aliphatic heterocycles. The van der Waals surface area contributed by atoms with E-state index < -0.39 is 0 Å². The maximum atomic E-state index is 14.1. The van der Waals surface area contributed by atoms with Gasteiger partial charge >= 0.3 is 0 Å². The van der Waals surface area contributed by atoms with Gasteiger partial charge in [0.05, 0.1) is 11.4 Å². The van der Waals surface area contributed by atoms with E-state index in [1.54, 1.807) is 12.1 Å². The van der Waals surface area contributed by atoms with Crippen LogP contribution in [0.4, 0.5) is 4.39 Å². The van der Waals surface area contributed by atoms with Crippen LogP contribution in [0, 0.1) is 5.82 Å². The number of carbonyl (C=O) groups excluding carboxylic acids is 1. The molecule has 6 heteroatoms. The van der Waals surface area contributed by atoms with Gasteiger partial charge in [0.2, 0.25) is 0 Å². The van der Waals surface area contributed by atoms with E-state index in [0.717, 1.165) is 29.9 Å². The predicted octanol–water partition coefficient (Wildman–Crippen LogP) is 5.31. The molecule has 4 rings (SSSR count). The van der Waals surface area contributed by atoms with Crippen molar-refractivity contribution in [2.24, 2.45) is 5.73 Å². The average Bonchev–Trinajstić information content (AvgIpc) is 3.51. The van der Waals surface area contributed by atoms with Crippen LogP contribution in [0.1, 0.15) is 60.5 Å². The van der Waals surface area contributed by atoms with Gasteiger partial charge in [-0.15, -0.1) is 0 Å². The van der Waals surface area contributed by atoms with Crippen LogP contribution < -0.4 is 5.73 Å². The first-order valence-electron chi connectivity index (χ1n) is 10.3. The van der Waals surface area contributed by atoms with Gasteiger partial charge in [0.15, 0.2) is 0 Å². The molecule has 0 saturated heterocycles. The average molecular weight is 426 g/mol. The smallest absolute Gasteiger partial charge is 0.140 e. The van der Waals surface area contributed by atoms with Gasteiger partial charge in [-0.25, -0.2) is 9.07 Å². The van der Waals surface area contributed by atoms with Crippen molar-refractivity contribution >= 4 is 17.4 Å². The fraction of sp³-hybridized carbons (Fsp3) is 0.333. The molecule has 1 aliphatic rings. The Hall–Kier alpha value is -2.50. The van der Waals surface area contributed by atoms with Crippen LogP contribution in [0.3, 0.4) is 0 Å². The summed E-state index contributed by atoms with van der Waals surface area (Å²) in [6, 6.07) is 14.5. The summed E-state index contributed by atoms with van der Waals surface area (Å²) in [6.45, 7) is 1.97. The van der Waals surface area contributed by atoms with Gasteiger partial charge < -0.3 is 5.73 Å². The molecule has 0 amide bonds.